The molecule has 0 unspecified atom stereocenters. The van der Waals surface area contributed by atoms with E-state index >= 15 is 0 Å². The van der Waals surface area contributed by atoms with Crippen LogP contribution < -0.4 is 21.1 Å². The van der Waals surface area contributed by atoms with Crippen LogP contribution in [0.5, 0.6) is 0 Å². The summed E-state index contributed by atoms with van der Waals surface area (Å²) in [4.78, 5) is 39.1. The number of nitrogens with zero attached hydrogens (tertiary/aromatic N) is 1. The van der Waals surface area contributed by atoms with E-state index in [1.165, 1.54) is 12.3 Å². The summed E-state index contributed by atoms with van der Waals surface area (Å²) in [5, 5.41) is 2.61. The van der Waals surface area contributed by atoms with Gasteiger partial charge in [-0.1, -0.05) is 13.8 Å². The summed E-state index contributed by atoms with van der Waals surface area (Å²) >= 11 is 0. The Morgan fingerprint density at radius 1 is 0.966 bits per heavy atom. The van der Waals surface area contributed by atoms with E-state index in [9.17, 15) is 14.4 Å². The molecule has 8 heteroatoms. The van der Waals surface area contributed by atoms with Gasteiger partial charge >= 0.3 is 0 Å². The van der Waals surface area contributed by atoms with Gasteiger partial charge in [0.1, 0.15) is 6.04 Å². The maximum atomic E-state index is 12.5. The first-order valence-electron chi connectivity index (χ1n) is 9.66. The third-order valence-electron chi connectivity index (χ3n) is 4.54. The zero-order valence-electron chi connectivity index (χ0n) is 17.2. The van der Waals surface area contributed by atoms with Crippen molar-refractivity contribution in [3.8, 4) is 0 Å². The fourth-order valence-corrected chi connectivity index (χ4v) is 2.84. The van der Waals surface area contributed by atoms with E-state index in [4.69, 9.17) is 4.42 Å². The number of benzene rings is 1. The maximum absolute atomic E-state index is 12.5. The number of hydrogen-bond donors (Lipinski definition) is 3. The Bertz CT molecular complexity index is 812. The standard InChI is InChI=1S/C21H28N4O4/c1-5-25(6-2)16-11-9-15(10-12-16)19(26)23-24-21(28)18(14(3)4)22-20(27)17-8-7-13-29-17/h7-14,18H,5-6H2,1-4H3,(H,22,27)(H,23,26)(H,24,28)/t18-/m0/s1. The van der Waals surface area contributed by atoms with Crippen molar-refractivity contribution < 1.29 is 18.8 Å². The molecule has 0 saturated carbocycles. The summed E-state index contributed by atoms with van der Waals surface area (Å²) in [6.45, 7) is 9.46. The summed E-state index contributed by atoms with van der Waals surface area (Å²) in [5.41, 5.74) is 6.21. The number of amides is 3. The minimum absolute atomic E-state index is 0.112. The van der Waals surface area contributed by atoms with E-state index in [2.05, 4.69) is 34.9 Å². The van der Waals surface area contributed by atoms with Gasteiger partial charge in [0.25, 0.3) is 17.7 Å². The molecule has 0 aliphatic carbocycles. The van der Waals surface area contributed by atoms with Gasteiger partial charge < -0.3 is 14.6 Å². The average Bonchev–Trinajstić information content (AvgIpc) is 3.26. The molecule has 1 atom stereocenters. The third-order valence-corrected chi connectivity index (χ3v) is 4.54. The molecule has 0 spiro atoms. The highest BCUT2D eigenvalue weighted by molar-refractivity contribution is 5.98. The molecule has 29 heavy (non-hydrogen) atoms. The highest BCUT2D eigenvalue weighted by Gasteiger charge is 2.26. The lowest BCUT2D eigenvalue weighted by Crippen LogP contribution is -2.54. The van der Waals surface area contributed by atoms with Gasteiger partial charge in [-0.3, -0.25) is 25.2 Å². The minimum Gasteiger partial charge on any atom is -0.459 e. The van der Waals surface area contributed by atoms with Crippen molar-refractivity contribution in [1.29, 1.82) is 0 Å². The lowest BCUT2D eigenvalue weighted by molar-refractivity contribution is -0.124. The van der Waals surface area contributed by atoms with E-state index in [0.29, 0.717) is 5.56 Å². The molecule has 3 amide bonds. The lowest BCUT2D eigenvalue weighted by Gasteiger charge is -2.22. The Labute approximate surface area is 170 Å². The van der Waals surface area contributed by atoms with Gasteiger partial charge in [0, 0.05) is 24.3 Å². The zero-order chi connectivity index (χ0) is 21.4. The van der Waals surface area contributed by atoms with Crippen LogP contribution in [0.4, 0.5) is 5.69 Å². The monoisotopic (exact) mass is 400 g/mol. The predicted octanol–water partition coefficient (Wildman–Crippen LogP) is 2.34. The number of nitrogens with one attached hydrogen (secondary N) is 3. The SMILES string of the molecule is CCN(CC)c1ccc(C(=O)NNC(=O)[C@@H](NC(=O)c2ccco2)C(C)C)cc1. The molecule has 0 saturated heterocycles. The van der Waals surface area contributed by atoms with Gasteiger partial charge in [-0.2, -0.15) is 0 Å². The van der Waals surface area contributed by atoms with Crippen molar-refractivity contribution in [2.75, 3.05) is 18.0 Å². The number of carbonyl (C=O) groups is 3. The first-order valence-corrected chi connectivity index (χ1v) is 9.66. The van der Waals surface area contributed by atoms with E-state index in [1.807, 2.05) is 12.1 Å². The summed E-state index contributed by atoms with van der Waals surface area (Å²) in [6, 6.07) is 9.40. The second-order valence-corrected chi connectivity index (χ2v) is 6.83. The molecule has 0 aliphatic rings. The van der Waals surface area contributed by atoms with Crippen LogP contribution in [0.25, 0.3) is 0 Å². The molecule has 0 bridgehead atoms. The van der Waals surface area contributed by atoms with Crippen molar-refractivity contribution in [3.63, 3.8) is 0 Å². The summed E-state index contributed by atoms with van der Waals surface area (Å²) in [5.74, 6) is -1.54. The lowest BCUT2D eigenvalue weighted by atomic mass is 10.0. The number of furan rings is 1. The molecule has 2 aromatic rings. The molecule has 0 fully saturated rings. The Morgan fingerprint density at radius 3 is 2.14 bits per heavy atom. The smallest absolute Gasteiger partial charge is 0.287 e. The maximum Gasteiger partial charge on any atom is 0.287 e. The van der Waals surface area contributed by atoms with E-state index in [-0.39, 0.29) is 11.7 Å². The second-order valence-electron chi connectivity index (χ2n) is 6.83. The van der Waals surface area contributed by atoms with Gasteiger partial charge in [-0.25, -0.2) is 0 Å². The normalized spacial score (nSPS) is 11.6. The number of anilines is 1. The number of carbonyl (C=O) groups excluding carboxylic acids is 3. The Kier molecular flexibility index (Phi) is 7.82. The molecular weight excluding hydrogens is 372 g/mol. The Hall–Kier alpha value is -3.29. The van der Waals surface area contributed by atoms with Crippen molar-refractivity contribution >= 4 is 23.4 Å². The topological polar surface area (TPSA) is 104 Å². The second kappa shape index (κ2) is 10.3. The van der Waals surface area contributed by atoms with Gasteiger partial charge in [-0.05, 0) is 56.2 Å². The number of hydrogen-bond acceptors (Lipinski definition) is 5. The van der Waals surface area contributed by atoms with Crippen LogP contribution in [-0.4, -0.2) is 36.9 Å². The molecule has 1 heterocycles. The molecule has 1 aromatic carbocycles. The summed E-state index contributed by atoms with van der Waals surface area (Å²) in [6.07, 6.45) is 1.38. The molecule has 8 nitrogen and oxygen atoms in total. The minimum atomic E-state index is -0.835. The fraction of sp³-hybridized carbons (Fsp3) is 0.381. The van der Waals surface area contributed by atoms with Crippen LogP contribution in [0.1, 0.15) is 48.6 Å². The molecule has 1 aromatic heterocycles. The molecule has 0 aliphatic heterocycles. The van der Waals surface area contributed by atoms with Crippen LogP contribution in [0.2, 0.25) is 0 Å². The van der Waals surface area contributed by atoms with Crippen LogP contribution in [0, 0.1) is 5.92 Å². The number of hydrazine groups is 1. The van der Waals surface area contributed by atoms with Crippen LogP contribution >= 0.6 is 0 Å². The molecular formula is C21H28N4O4. The van der Waals surface area contributed by atoms with Crippen molar-refractivity contribution in [3.05, 3.63) is 54.0 Å². The average molecular weight is 400 g/mol. The van der Waals surface area contributed by atoms with Crippen LogP contribution in [0.3, 0.4) is 0 Å². The van der Waals surface area contributed by atoms with Gasteiger partial charge in [0.2, 0.25) is 0 Å². The van der Waals surface area contributed by atoms with Crippen LogP contribution in [0.15, 0.2) is 47.1 Å². The van der Waals surface area contributed by atoms with Crippen molar-refractivity contribution in [2.24, 2.45) is 5.92 Å². The largest absolute Gasteiger partial charge is 0.459 e. The van der Waals surface area contributed by atoms with Gasteiger partial charge in [0.05, 0.1) is 6.26 Å². The fourth-order valence-electron chi connectivity index (χ4n) is 2.84. The number of rotatable bonds is 8. The van der Waals surface area contributed by atoms with E-state index in [0.717, 1.165) is 18.8 Å². The highest BCUT2D eigenvalue weighted by Crippen LogP contribution is 2.14. The van der Waals surface area contributed by atoms with E-state index in [1.54, 1.807) is 32.0 Å². The third kappa shape index (κ3) is 5.84. The van der Waals surface area contributed by atoms with E-state index < -0.39 is 23.8 Å². The molecule has 2 rings (SSSR count). The quantitative estimate of drug-likeness (QED) is 0.590. The summed E-state index contributed by atoms with van der Waals surface area (Å²) < 4.78 is 5.04. The molecule has 156 valence electrons. The first-order chi connectivity index (χ1) is 13.9. The Balaban J connectivity index is 1.95. The van der Waals surface area contributed by atoms with Gasteiger partial charge in [-0.15, -0.1) is 0 Å². The van der Waals surface area contributed by atoms with Crippen LogP contribution in [-0.2, 0) is 4.79 Å². The summed E-state index contributed by atoms with van der Waals surface area (Å²) in [7, 11) is 0. The molecule has 0 radical (unpaired) electrons. The zero-order valence-corrected chi connectivity index (χ0v) is 17.2. The van der Waals surface area contributed by atoms with Gasteiger partial charge in [0.15, 0.2) is 5.76 Å². The molecule has 3 N–H and O–H groups in total. The first kappa shape index (κ1) is 22.0. The predicted molar refractivity (Wildman–Crippen MR) is 110 cm³/mol. The van der Waals surface area contributed by atoms with Crippen molar-refractivity contribution in [2.45, 2.75) is 33.7 Å². The Morgan fingerprint density at radius 2 is 1.62 bits per heavy atom. The van der Waals surface area contributed by atoms with Crippen molar-refractivity contribution in [1.82, 2.24) is 16.2 Å². The highest BCUT2D eigenvalue weighted by atomic mass is 16.3.